The Kier molecular flexibility index (Phi) is 4.89. The summed E-state index contributed by atoms with van der Waals surface area (Å²) < 4.78 is 5.43. The summed E-state index contributed by atoms with van der Waals surface area (Å²) >= 11 is 1.51. The SMILES string of the molecule is O=C(NCc1cscn1)N1CCN(C(=O)C2CCCO2)CC1. The molecule has 2 saturated heterocycles. The number of aromatic nitrogens is 1. The van der Waals surface area contributed by atoms with Crippen molar-refractivity contribution in [3.8, 4) is 0 Å². The van der Waals surface area contributed by atoms with Gasteiger partial charge in [-0.25, -0.2) is 9.78 Å². The van der Waals surface area contributed by atoms with Crippen molar-refractivity contribution in [1.82, 2.24) is 20.1 Å². The number of thiazole rings is 1. The lowest BCUT2D eigenvalue weighted by Crippen LogP contribution is -2.54. The average molecular weight is 324 g/mol. The Morgan fingerprint density at radius 2 is 2.09 bits per heavy atom. The molecule has 1 atom stereocenters. The van der Waals surface area contributed by atoms with E-state index in [2.05, 4.69) is 10.3 Å². The van der Waals surface area contributed by atoms with Crippen molar-refractivity contribution in [3.05, 3.63) is 16.6 Å². The van der Waals surface area contributed by atoms with Gasteiger partial charge in [0.05, 0.1) is 17.7 Å². The predicted octanol–water partition coefficient (Wildman–Crippen LogP) is 0.676. The number of piperazine rings is 1. The van der Waals surface area contributed by atoms with Crippen LogP contribution in [0, 0.1) is 0 Å². The Balaban J connectivity index is 1.42. The largest absolute Gasteiger partial charge is 0.368 e. The van der Waals surface area contributed by atoms with Crippen LogP contribution in [-0.4, -0.2) is 65.6 Å². The first kappa shape index (κ1) is 15.2. The fraction of sp³-hybridized carbons (Fsp3) is 0.643. The molecule has 2 aliphatic heterocycles. The van der Waals surface area contributed by atoms with Gasteiger partial charge in [-0.15, -0.1) is 11.3 Å². The third-order valence-electron chi connectivity index (χ3n) is 3.99. The smallest absolute Gasteiger partial charge is 0.317 e. The molecule has 7 nitrogen and oxygen atoms in total. The summed E-state index contributed by atoms with van der Waals surface area (Å²) in [4.78, 5) is 32.0. The molecule has 22 heavy (non-hydrogen) atoms. The average Bonchev–Trinajstić information content (AvgIpc) is 3.25. The van der Waals surface area contributed by atoms with Crippen LogP contribution in [0.4, 0.5) is 4.79 Å². The Morgan fingerprint density at radius 3 is 2.73 bits per heavy atom. The van der Waals surface area contributed by atoms with Gasteiger partial charge >= 0.3 is 6.03 Å². The summed E-state index contributed by atoms with van der Waals surface area (Å²) in [5.41, 5.74) is 2.61. The van der Waals surface area contributed by atoms with Gasteiger partial charge in [-0.2, -0.15) is 0 Å². The number of urea groups is 1. The van der Waals surface area contributed by atoms with E-state index in [0.717, 1.165) is 18.5 Å². The van der Waals surface area contributed by atoms with Crippen molar-refractivity contribution in [2.24, 2.45) is 0 Å². The number of rotatable bonds is 3. The zero-order chi connectivity index (χ0) is 15.4. The third-order valence-corrected chi connectivity index (χ3v) is 4.62. The molecule has 1 aromatic heterocycles. The van der Waals surface area contributed by atoms with E-state index in [9.17, 15) is 9.59 Å². The molecular formula is C14H20N4O3S. The van der Waals surface area contributed by atoms with Gasteiger partial charge in [0.2, 0.25) is 0 Å². The highest BCUT2D eigenvalue weighted by Crippen LogP contribution is 2.16. The fourth-order valence-corrected chi connectivity index (χ4v) is 3.27. The minimum atomic E-state index is -0.273. The topological polar surface area (TPSA) is 74.8 Å². The summed E-state index contributed by atoms with van der Waals surface area (Å²) in [7, 11) is 0. The summed E-state index contributed by atoms with van der Waals surface area (Å²) in [5.74, 6) is 0.0695. The maximum Gasteiger partial charge on any atom is 0.317 e. The summed E-state index contributed by atoms with van der Waals surface area (Å²) in [6.45, 7) is 3.38. The van der Waals surface area contributed by atoms with E-state index in [1.165, 1.54) is 11.3 Å². The van der Waals surface area contributed by atoms with Gasteiger partial charge < -0.3 is 19.9 Å². The van der Waals surface area contributed by atoms with Gasteiger partial charge in [0.1, 0.15) is 6.10 Å². The normalized spacial score (nSPS) is 21.9. The molecule has 3 heterocycles. The second kappa shape index (κ2) is 7.06. The van der Waals surface area contributed by atoms with E-state index < -0.39 is 0 Å². The molecule has 3 amide bonds. The molecule has 0 aromatic carbocycles. The first-order chi connectivity index (χ1) is 10.7. The van der Waals surface area contributed by atoms with Crippen LogP contribution >= 0.6 is 11.3 Å². The molecule has 2 aliphatic rings. The van der Waals surface area contributed by atoms with Crippen LogP contribution in [0.5, 0.6) is 0 Å². The Morgan fingerprint density at radius 1 is 1.32 bits per heavy atom. The van der Waals surface area contributed by atoms with Crippen molar-refractivity contribution in [2.75, 3.05) is 32.8 Å². The van der Waals surface area contributed by atoms with Crippen LogP contribution in [0.1, 0.15) is 18.5 Å². The molecule has 3 rings (SSSR count). The molecule has 0 spiro atoms. The molecule has 1 N–H and O–H groups in total. The first-order valence-corrected chi connectivity index (χ1v) is 8.48. The van der Waals surface area contributed by atoms with Gasteiger partial charge in [0.25, 0.3) is 5.91 Å². The van der Waals surface area contributed by atoms with E-state index in [1.54, 1.807) is 15.3 Å². The van der Waals surface area contributed by atoms with Crippen LogP contribution in [0.3, 0.4) is 0 Å². The van der Waals surface area contributed by atoms with Gasteiger partial charge in [0.15, 0.2) is 0 Å². The minimum absolute atomic E-state index is 0.0695. The van der Waals surface area contributed by atoms with Gasteiger partial charge in [-0.1, -0.05) is 0 Å². The van der Waals surface area contributed by atoms with E-state index in [-0.39, 0.29) is 18.0 Å². The van der Waals surface area contributed by atoms with Crippen molar-refractivity contribution in [3.63, 3.8) is 0 Å². The molecular weight excluding hydrogens is 304 g/mol. The molecule has 0 saturated carbocycles. The van der Waals surface area contributed by atoms with Crippen LogP contribution < -0.4 is 5.32 Å². The van der Waals surface area contributed by atoms with Gasteiger partial charge in [-0.3, -0.25) is 4.79 Å². The summed E-state index contributed by atoms with van der Waals surface area (Å²) in [6, 6.07) is -0.0998. The van der Waals surface area contributed by atoms with E-state index in [0.29, 0.717) is 39.3 Å². The molecule has 1 unspecified atom stereocenters. The quantitative estimate of drug-likeness (QED) is 0.887. The number of hydrogen-bond acceptors (Lipinski definition) is 5. The molecule has 1 aromatic rings. The van der Waals surface area contributed by atoms with Gasteiger partial charge in [0, 0.05) is 38.2 Å². The second-order valence-electron chi connectivity index (χ2n) is 5.45. The first-order valence-electron chi connectivity index (χ1n) is 7.54. The lowest BCUT2D eigenvalue weighted by atomic mass is 10.2. The zero-order valence-electron chi connectivity index (χ0n) is 12.4. The number of carbonyl (C=O) groups is 2. The predicted molar refractivity (Wildman–Crippen MR) is 81.5 cm³/mol. The highest BCUT2D eigenvalue weighted by Gasteiger charge is 2.31. The lowest BCUT2D eigenvalue weighted by molar-refractivity contribution is -0.142. The molecule has 120 valence electrons. The molecule has 0 bridgehead atoms. The highest BCUT2D eigenvalue weighted by molar-refractivity contribution is 7.07. The van der Waals surface area contributed by atoms with Crippen LogP contribution in [0.25, 0.3) is 0 Å². The van der Waals surface area contributed by atoms with Crippen molar-refractivity contribution in [1.29, 1.82) is 0 Å². The number of carbonyl (C=O) groups excluding carboxylic acids is 2. The lowest BCUT2D eigenvalue weighted by Gasteiger charge is -2.35. The molecule has 8 heteroatoms. The van der Waals surface area contributed by atoms with E-state index in [1.807, 2.05) is 5.38 Å². The second-order valence-corrected chi connectivity index (χ2v) is 6.17. The molecule has 0 radical (unpaired) electrons. The summed E-state index contributed by atoms with van der Waals surface area (Å²) in [5, 5.41) is 4.77. The summed E-state index contributed by atoms with van der Waals surface area (Å²) in [6.07, 6.45) is 1.49. The fourth-order valence-electron chi connectivity index (χ4n) is 2.71. The van der Waals surface area contributed by atoms with Crippen molar-refractivity contribution in [2.45, 2.75) is 25.5 Å². The molecule has 2 fully saturated rings. The standard InChI is InChI=1S/C14H20N4O3S/c19-13(12-2-1-7-21-12)17-3-5-18(6-4-17)14(20)15-8-11-9-22-10-16-11/h9-10,12H,1-8H2,(H,15,20). The maximum atomic E-state index is 12.2. The van der Waals surface area contributed by atoms with E-state index >= 15 is 0 Å². The molecule has 0 aliphatic carbocycles. The van der Waals surface area contributed by atoms with Crippen molar-refractivity contribution < 1.29 is 14.3 Å². The third kappa shape index (κ3) is 3.56. The zero-order valence-corrected chi connectivity index (χ0v) is 13.2. The Bertz CT molecular complexity index is 508. The monoisotopic (exact) mass is 324 g/mol. The number of amides is 3. The number of nitrogens with one attached hydrogen (secondary N) is 1. The maximum absolute atomic E-state index is 12.2. The highest BCUT2D eigenvalue weighted by atomic mass is 32.1. The number of hydrogen-bond donors (Lipinski definition) is 1. The van der Waals surface area contributed by atoms with Crippen LogP contribution in [0.2, 0.25) is 0 Å². The number of nitrogens with zero attached hydrogens (tertiary/aromatic N) is 3. The Hall–Kier alpha value is -1.67. The van der Waals surface area contributed by atoms with Crippen LogP contribution in [0.15, 0.2) is 10.9 Å². The Labute approximate surface area is 133 Å². The van der Waals surface area contributed by atoms with E-state index in [4.69, 9.17) is 4.74 Å². The number of ether oxygens (including phenoxy) is 1. The van der Waals surface area contributed by atoms with Crippen LogP contribution in [-0.2, 0) is 16.1 Å². The van der Waals surface area contributed by atoms with Gasteiger partial charge in [-0.05, 0) is 12.8 Å². The van der Waals surface area contributed by atoms with Crippen molar-refractivity contribution >= 4 is 23.3 Å². The minimum Gasteiger partial charge on any atom is -0.368 e.